The number of nitrogens with zero attached hydrogens (tertiary/aromatic N) is 2. The molecular weight excluding hydrogens is 340 g/mol. The molecule has 0 bridgehead atoms. The molecule has 6 heteroatoms. The van der Waals surface area contributed by atoms with Crippen molar-refractivity contribution in [2.75, 3.05) is 17.7 Å². The number of carbonyl (C=O) groups excluding carboxylic acids is 1. The van der Waals surface area contributed by atoms with Gasteiger partial charge in [-0.2, -0.15) is 0 Å². The van der Waals surface area contributed by atoms with Crippen LogP contribution in [0.2, 0.25) is 0 Å². The summed E-state index contributed by atoms with van der Waals surface area (Å²) in [6.07, 6.45) is 0. The van der Waals surface area contributed by atoms with Crippen LogP contribution in [0.15, 0.2) is 48.5 Å². The van der Waals surface area contributed by atoms with Gasteiger partial charge in [-0.3, -0.25) is 4.79 Å². The monoisotopic (exact) mass is 362 g/mol. The number of hydrogen-bond acceptors (Lipinski definition) is 5. The molecule has 6 nitrogen and oxygen atoms in total. The van der Waals surface area contributed by atoms with Crippen LogP contribution in [0.4, 0.5) is 17.3 Å². The third-order valence-electron chi connectivity index (χ3n) is 4.15. The largest absolute Gasteiger partial charge is 0.497 e. The smallest absolute Gasteiger partial charge is 0.274 e. The summed E-state index contributed by atoms with van der Waals surface area (Å²) < 4.78 is 5.15. The molecule has 1 amide bonds. The number of ether oxygens (including phenoxy) is 1. The van der Waals surface area contributed by atoms with E-state index in [1.807, 2.05) is 63.2 Å². The molecule has 0 saturated heterocycles. The number of aryl methyl sites for hydroxylation is 3. The molecule has 138 valence electrons. The lowest BCUT2D eigenvalue weighted by Gasteiger charge is -2.12. The van der Waals surface area contributed by atoms with E-state index in [1.165, 1.54) is 0 Å². The number of benzene rings is 2. The van der Waals surface area contributed by atoms with E-state index in [4.69, 9.17) is 4.74 Å². The highest BCUT2D eigenvalue weighted by atomic mass is 16.5. The number of anilines is 3. The van der Waals surface area contributed by atoms with Gasteiger partial charge in [-0.05, 0) is 62.2 Å². The van der Waals surface area contributed by atoms with Gasteiger partial charge in [0.15, 0.2) is 0 Å². The zero-order valence-electron chi connectivity index (χ0n) is 15.8. The summed E-state index contributed by atoms with van der Waals surface area (Å²) in [6.45, 7) is 5.76. The Morgan fingerprint density at radius 3 is 2.26 bits per heavy atom. The minimum atomic E-state index is -0.268. The first kappa shape index (κ1) is 18.4. The van der Waals surface area contributed by atoms with Crippen molar-refractivity contribution in [3.63, 3.8) is 0 Å². The summed E-state index contributed by atoms with van der Waals surface area (Å²) in [5, 5.41) is 6.07. The van der Waals surface area contributed by atoms with Crippen LogP contribution < -0.4 is 15.4 Å². The molecule has 3 aromatic rings. The molecule has 0 aliphatic heterocycles. The van der Waals surface area contributed by atoms with Gasteiger partial charge in [0.25, 0.3) is 5.91 Å². The van der Waals surface area contributed by atoms with Crippen LogP contribution in [0.3, 0.4) is 0 Å². The van der Waals surface area contributed by atoms with Gasteiger partial charge in [0.1, 0.15) is 11.4 Å². The molecule has 0 fully saturated rings. The van der Waals surface area contributed by atoms with Crippen molar-refractivity contribution in [3.8, 4) is 5.75 Å². The van der Waals surface area contributed by atoms with Crippen molar-refractivity contribution in [1.29, 1.82) is 0 Å². The first-order chi connectivity index (χ1) is 13.0. The summed E-state index contributed by atoms with van der Waals surface area (Å²) in [5.41, 5.74) is 4.64. The zero-order chi connectivity index (χ0) is 19.4. The van der Waals surface area contributed by atoms with Crippen molar-refractivity contribution < 1.29 is 9.53 Å². The molecule has 0 unspecified atom stereocenters. The van der Waals surface area contributed by atoms with E-state index in [2.05, 4.69) is 20.6 Å². The second kappa shape index (κ2) is 7.86. The molecule has 0 radical (unpaired) electrons. The molecule has 3 rings (SSSR count). The molecule has 2 aromatic carbocycles. The van der Waals surface area contributed by atoms with Gasteiger partial charge in [-0.1, -0.05) is 18.2 Å². The van der Waals surface area contributed by atoms with E-state index < -0.39 is 0 Å². The quantitative estimate of drug-likeness (QED) is 0.703. The fraction of sp³-hybridized carbons (Fsp3) is 0.190. The summed E-state index contributed by atoms with van der Waals surface area (Å²) in [4.78, 5) is 21.4. The lowest BCUT2D eigenvalue weighted by molar-refractivity contribution is 0.102. The van der Waals surface area contributed by atoms with Gasteiger partial charge >= 0.3 is 0 Å². The van der Waals surface area contributed by atoms with E-state index in [-0.39, 0.29) is 5.91 Å². The minimum absolute atomic E-state index is 0.268. The van der Waals surface area contributed by atoms with Crippen molar-refractivity contribution in [2.45, 2.75) is 20.8 Å². The molecule has 1 aromatic heterocycles. The Morgan fingerprint density at radius 2 is 1.63 bits per heavy atom. The summed E-state index contributed by atoms with van der Waals surface area (Å²) in [7, 11) is 1.62. The predicted octanol–water partition coefficient (Wildman–Crippen LogP) is 4.41. The Hall–Kier alpha value is -3.41. The molecular formula is C21H22N4O2. The number of carbonyl (C=O) groups is 1. The van der Waals surface area contributed by atoms with Crippen LogP contribution in [0.25, 0.3) is 0 Å². The third kappa shape index (κ3) is 4.41. The Labute approximate surface area is 158 Å². The number of methoxy groups -OCH3 is 1. The number of hydrogen-bond donors (Lipinski definition) is 2. The molecule has 0 spiro atoms. The van der Waals surface area contributed by atoms with E-state index >= 15 is 0 Å². The fourth-order valence-corrected chi connectivity index (χ4v) is 2.73. The first-order valence-electron chi connectivity index (χ1n) is 8.60. The zero-order valence-corrected chi connectivity index (χ0v) is 15.8. The van der Waals surface area contributed by atoms with Crippen LogP contribution in [-0.2, 0) is 0 Å². The number of para-hydroxylation sites is 1. The predicted molar refractivity (Wildman–Crippen MR) is 107 cm³/mol. The topological polar surface area (TPSA) is 76.1 Å². The SMILES string of the molecule is COc1ccc(Nc2nc(C)cc(C(=O)Nc3c(C)cccc3C)n2)cc1. The van der Waals surface area contributed by atoms with Crippen LogP contribution in [-0.4, -0.2) is 23.0 Å². The Morgan fingerprint density at radius 1 is 0.963 bits per heavy atom. The Balaban J connectivity index is 1.82. The van der Waals surface area contributed by atoms with Crippen LogP contribution in [0.1, 0.15) is 27.3 Å². The van der Waals surface area contributed by atoms with Crippen molar-refractivity contribution in [1.82, 2.24) is 9.97 Å². The van der Waals surface area contributed by atoms with E-state index in [0.29, 0.717) is 17.3 Å². The maximum absolute atomic E-state index is 12.7. The Kier molecular flexibility index (Phi) is 5.35. The number of nitrogens with one attached hydrogen (secondary N) is 2. The van der Waals surface area contributed by atoms with Crippen LogP contribution >= 0.6 is 0 Å². The molecule has 2 N–H and O–H groups in total. The number of amides is 1. The van der Waals surface area contributed by atoms with E-state index in [0.717, 1.165) is 28.3 Å². The van der Waals surface area contributed by atoms with Crippen molar-refractivity contribution in [3.05, 3.63) is 71.0 Å². The molecule has 27 heavy (non-hydrogen) atoms. The van der Waals surface area contributed by atoms with E-state index in [9.17, 15) is 4.79 Å². The van der Waals surface area contributed by atoms with Gasteiger partial charge < -0.3 is 15.4 Å². The highest BCUT2D eigenvalue weighted by Crippen LogP contribution is 2.21. The number of rotatable bonds is 5. The summed E-state index contributed by atoms with van der Waals surface area (Å²) in [6, 6.07) is 15.0. The third-order valence-corrected chi connectivity index (χ3v) is 4.15. The molecule has 0 atom stereocenters. The molecule has 0 aliphatic carbocycles. The molecule has 0 aliphatic rings. The highest BCUT2D eigenvalue weighted by molar-refractivity contribution is 6.04. The van der Waals surface area contributed by atoms with E-state index in [1.54, 1.807) is 13.2 Å². The van der Waals surface area contributed by atoms with Gasteiger partial charge in [0, 0.05) is 17.1 Å². The second-order valence-electron chi connectivity index (χ2n) is 6.29. The van der Waals surface area contributed by atoms with Gasteiger partial charge in [0.2, 0.25) is 5.95 Å². The second-order valence-corrected chi connectivity index (χ2v) is 6.29. The maximum Gasteiger partial charge on any atom is 0.274 e. The molecule has 1 heterocycles. The lowest BCUT2D eigenvalue weighted by Crippen LogP contribution is -2.17. The summed E-state index contributed by atoms with van der Waals surface area (Å²) in [5.74, 6) is 0.863. The highest BCUT2D eigenvalue weighted by Gasteiger charge is 2.13. The van der Waals surface area contributed by atoms with Gasteiger partial charge in [-0.15, -0.1) is 0 Å². The normalized spacial score (nSPS) is 10.4. The van der Waals surface area contributed by atoms with Gasteiger partial charge in [0.05, 0.1) is 7.11 Å². The van der Waals surface area contributed by atoms with Crippen molar-refractivity contribution in [2.24, 2.45) is 0 Å². The summed E-state index contributed by atoms with van der Waals surface area (Å²) >= 11 is 0. The van der Waals surface area contributed by atoms with Crippen LogP contribution in [0, 0.1) is 20.8 Å². The first-order valence-corrected chi connectivity index (χ1v) is 8.60. The number of aromatic nitrogens is 2. The van der Waals surface area contributed by atoms with Crippen molar-refractivity contribution >= 4 is 23.2 Å². The standard InChI is InChI=1S/C21H22N4O2/c1-13-6-5-7-14(2)19(13)25-20(26)18-12-15(3)22-21(24-18)23-16-8-10-17(27-4)11-9-16/h5-12H,1-4H3,(H,25,26)(H,22,23,24). The molecule has 0 saturated carbocycles. The average molecular weight is 362 g/mol. The minimum Gasteiger partial charge on any atom is -0.497 e. The average Bonchev–Trinajstić information content (AvgIpc) is 2.65. The van der Waals surface area contributed by atoms with Gasteiger partial charge in [-0.25, -0.2) is 9.97 Å². The fourth-order valence-electron chi connectivity index (χ4n) is 2.73. The van der Waals surface area contributed by atoms with Crippen LogP contribution in [0.5, 0.6) is 5.75 Å². The maximum atomic E-state index is 12.7. The Bertz CT molecular complexity index is 948. The lowest BCUT2D eigenvalue weighted by atomic mass is 10.1.